The first-order valence-corrected chi connectivity index (χ1v) is 8.26. The van der Waals surface area contributed by atoms with E-state index in [0.717, 1.165) is 31.4 Å². The van der Waals surface area contributed by atoms with Crippen molar-refractivity contribution >= 4 is 29.1 Å². The second kappa shape index (κ2) is 7.48. The summed E-state index contributed by atoms with van der Waals surface area (Å²) in [5, 5.41) is 4.36. The summed E-state index contributed by atoms with van der Waals surface area (Å²) in [7, 11) is 0. The number of hydrogen-bond donors (Lipinski definition) is 1. The van der Waals surface area contributed by atoms with Gasteiger partial charge in [0.05, 0.1) is 22.6 Å². The second-order valence-electron chi connectivity index (χ2n) is 5.61. The first-order valence-electron chi connectivity index (χ1n) is 7.50. The van der Waals surface area contributed by atoms with Gasteiger partial charge in [-0.05, 0) is 43.9 Å². The van der Waals surface area contributed by atoms with Gasteiger partial charge in [0.1, 0.15) is 0 Å². The van der Waals surface area contributed by atoms with Gasteiger partial charge < -0.3 is 10.2 Å². The zero-order valence-electron chi connectivity index (χ0n) is 12.5. The number of benzene rings is 1. The van der Waals surface area contributed by atoms with Crippen LogP contribution in [-0.4, -0.2) is 29.9 Å². The molecule has 21 heavy (non-hydrogen) atoms. The van der Waals surface area contributed by atoms with Crippen molar-refractivity contribution in [1.29, 1.82) is 0 Å². The minimum atomic E-state index is 0.117. The lowest BCUT2D eigenvalue weighted by atomic mass is 10.0. The van der Waals surface area contributed by atoms with E-state index in [0.29, 0.717) is 22.6 Å². The highest BCUT2D eigenvalue weighted by atomic mass is 35.5. The molecule has 1 saturated heterocycles. The Bertz CT molecular complexity index is 507. The summed E-state index contributed by atoms with van der Waals surface area (Å²) in [5.74, 6) is 0.156. The molecule has 1 aromatic carbocycles. The highest BCUT2D eigenvalue weighted by molar-refractivity contribution is 6.42. The van der Waals surface area contributed by atoms with Crippen molar-refractivity contribution < 1.29 is 4.79 Å². The summed E-state index contributed by atoms with van der Waals surface area (Å²) in [6.45, 7) is 5.41. The molecular weight excluding hydrogens is 307 g/mol. The number of carbonyl (C=O) groups is 1. The van der Waals surface area contributed by atoms with Crippen LogP contribution in [0.5, 0.6) is 0 Å². The van der Waals surface area contributed by atoms with E-state index in [2.05, 4.69) is 19.2 Å². The molecule has 0 aromatic heterocycles. The van der Waals surface area contributed by atoms with Gasteiger partial charge >= 0.3 is 0 Å². The van der Waals surface area contributed by atoms with Gasteiger partial charge in [-0.2, -0.15) is 0 Å². The van der Waals surface area contributed by atoms with Crippen molar-refractivity contribution in [3.05, 3.63) is 33.8 Å². The van der Waals surface area contributed by atoms with Crippen LogP contribution in [0.2, 0.25) is 10.0 Å². The number of likely N-dealkylation sites (tertiary alicyclic amines) is 1. The molecule has 1 aliphatic rings. The molecule has 1 aliphatic heterocycles. The summed E-state index contributed by atoms with van der Waals surface area (Å²) >= 11 is 12.1. The van der Waals surface area contributed by atoms with E-state index in [1.54, 1.807) is 6.07 Å². The Balaban J connectivity index is 2.05. The summed E-state index contributed by atoms with van der Waals surface area (Å²) < 4.78 is 0. The maximum atomic E-state index is 12.4. The molecule has 2 atom stereocenters. The van der Waals surface area contributed by atoms with Crippen molar-refractivity contribution in [1.82, 2.24) is 10.2 Å². The second-order valence-corrected chi connectivity index (χ2v) is 6.42. The quantitative estimate of drug-likeness (QED) is 0.884. The van der Waals surface area contributed by atoms with Crippen LogP contribution in [0.15, 0.2) is 18.2 Å². The highest BCUT2D eigenvalue weighted by Crippen LogP contribution is 2.34. The minimum Gasteiger partial charge on any atom is -0.335 e. The molecule has 116 valence electrons. The molecule has 5 heteroatoms. The molecule has 1 fully saturated rings. The monoisotopic (exact) mass is 328 g/mol. The van der Waals surface area contributed by atoms with Gasteiger partial charge in [0.25, 0.3) is 0 Å². The smallest absolute Gasteiger partial charge is 0.237 e. The van der Waals surface area contributed by atoms with Gasteiger partial charge in [0.15, 0.2) is 0 Å². The zero-order valence-corrected chi connectivity index (χ0v) is 14.0. The molecule has 0 radical (unpaired) electrons. The van der Waals surface area contributed by atoms with Crippen LogP contribution >= 0.6 is 23.2 Å². The van der Waals surface area contributed by atoms with Gasteiger partial charge in [-0.1, -0.05) is 36.2 Å². The van der Waals surface area contributed by atoms with Crippen LogP contribution in [-0.2, 0) is 4.79 Å². The van der Waals surface area contributed by atoms with Crippen molar-refractivity contribution in [2.24, 2.45) is 0 Å². The summed E-state index contributed by atoms with van der Waals surface area (Å²) in [6, 6.07) is 6.12. The predicted octanol–water partition coefficient (Wildman–Crippen LogP) is 4.05. The minimum absolute atomic E-state index is 0.117. The van der Waals surface area contributed by atoms with Crippen molar-refractivity contribution in [3.63, 3.8) is 0 Å². The fourth-order valence-electron chi connectivity index (χ4n) is 2.64. The summed E-state index contributed by atoms with van der Waals surface area (Å²) in [5.41, 5.74) is 1.07. The lowest BCUT2D eigenvalue weighted by Gasteiger charge is -2.26. The van der Waals surface area contributed by atoms with Crippen molar-refractivity contribution in [2.45, 2.75) is 45.2 Å². The molecule has 2 unspecified atom stereocenters. The molecule has 0 bridgehead atoms. The first-order chi connectivity index (χ1) is 10.0. The SMILES string of the molecule is CCC(C)NCC(=O)N1CCCC1c1ccc(Cl)c(Cl)c1. The van der Waals surface area contributed by atoms with E-state index in [4.69, 9.17) is 23.2 Å². The summed E-state index contributed by atoms with van der Waals surface area (Å²) in [6.07, 6.45) is 3.02. The fraction of sp³-hybridized carbons (Fsp3) is 0.562. The fourth-order valence-corrected chi connectivity index (χ4v) is 2.95. The van der Waals surface area contributed by atoms with Crippen LogP contribution in [0.25, 0.3) is 0 Å². The standard InChI is InChI=1S/C16H22Cl2N2O/c1-3-11(2)19-10-16(21)20-8-4-5-15(20)12-6-7-13(17)14(18)9-12/h6-7,9,11,15,19H,3-5,8,10H2,1-2H3. The number of hydrogen-bond acceptors (Lipinski definition) is 2. The Hall–Kier alpha value is -0.770. The molecule has 2 rings (SSSR count). The molecule has 1 N–H and O–H groups in total. The average Bonchev–Trinajstić information content (AvgIpc) is 2.96. The van der Waals surface area contributed by atoms with E-state index >= 15 is 0 Å². The number of nitrogens with zero attached hydrogens (tertiary/aromatic N) is 1. The molecule has 0 saturated carbocycles. The Morgan fingerprint density at radius 3 is 2.86 bits per heavy atom. The van der Waals surface area contributed by atoms with Crippen LogP contribution in [0.3, 0.4) is 0 Å². The maximum absolute atomic E-state index is 12.4. The third-order valence-corrected chi connectivity index (χ3v) is 4.85. The number of nitrogens with one attached hydrogen (secondary N) is 1. The van der Waals surface area contributed by atoms with E-state index in [-0.39, 0.29) is 11.9 Å². The van der Waals surface area contributed by atoms with Gasteiger partial charge in [-0.25, -0.2) is 0 Å². The normalized spacial score (nSPS) is 19.8. The van der Waals surface area contributed by atoms with Gasteiger partial charge in [0.2, 0.25) is 5.91 Å². The van der Waals surface area contributed by atoms with Crippen LogP contribution < -0.4 is 5.32 Å². The Kier molecular flexibility index (Phi) is 5.91. The molecule has 1 amide bonds. The van der Waals surface area contributed by atoms with Crippen molar-refractivity contribution in [3.8, 4) is 0 Å². The largest absolute Gasteiger partial charge is 0.335 e. The highest BCUT2D eigenvalue weighted by Gasteiger charge is 2.29. The van der Waals surface area contributed by atoms with Crippen LogP contribution in [0.1, 0.15) is 44.7 Å². The van der Waals surface area contributed by atoms with Gasteiger partial charge in [-0.3, -0.25) is 4.79 Å². The summed E-state index contributed by atoms with van der Waals surface area (Å²) in [4.78, 5) is 14.4. The average molecular weight is 329 g/mol. The zero-order chi connectivity index (χ0) is 15.4. The van der Waals surface area contributed by atoms with E-state index < -0.39 is 0 Å². The van der Waals surface area contributed by atoms with E-state index in [1.807, 2.05) is 17.0 Å². The molecule has 0 aliphatic carbocycles. The Labute approximate surface area is 136 Å². The first kappa shape index (κ1) is 16.6. The predicted molar refractivity (Wildman–Crippen MR) is 87.9 cm³/mol. The number of carbonyl (C=O) groups excluding carboxylic acids is 1. The molecule has 1 aromatic rings. The Morgan fingerprint density at radius 2 is 2.19 bits per heavy atom. The van der Waals surface area contributed by atoms with E-state index in [9.17, 15) is 4.79 Å². The number of rotatable bonds is 5. The lowest BCUT2D eigenvalue weighted by molar-refractivity contribution is -0.131. The third-order valence-electron chi connectivity index (χ3n) is 4.12. The third kappa shape index (κ3) is 4.12. The van der Waals surface area contributed by atoms with E-state index in [1.165, 1.54) is 0 Å². The molecular formula is C16H22Cl2N2O. The molecule has 0 spiro atoms. The van der Waals surface area contributed by atoms with Crippen molar-refractivity contribution in [2.75, 3.05) is 13.1 Å². The Morgan fingerprint density at radius 1 is 1.43 bits per heavy atom. The van der Waals surface area contributed by atoms with Crippen LogP contribution in [0.4, 0.5) is 0 Å². The number of halogens is 2. The van der Waals surface area contributed by atoms with Gasteiger partial charge in [0, 0.05) is 12.6 Å². The topological polar surface area (TPSA) is 32.3 Å². The number of amides is 1. The van der Waals surface area contributed by atoms with Gasteiger partial charge in [-0.15, -0.1) is 0 Å². The molecule has 3 nitrogen and oxygen atoms in total. The lowest BCUT2D eigenvalue weighted by Crippen LogP contribution is -2.40. The van der Waals surface area contributed by atoms with Crippen LogP contribution in [0, 0.1) is 0 Å². The maximum Gasteiger partial charge on any atom is 0.237 e. The molecule has 1 heterocycles.